The molecule has 1 aliphatic heterocycles. The van der Waals surface area contributed by atoms with Gasteiger partial charge in [-0.25, -0.2) is 0 Å². The van der Waals surface area contributed by atoms with Crippen LogP contribution in [0.15, 0.2) is 22.7 Å². The third-order valence-electron chi connectivity index (χ3n) is 3.46. The van der Waals surface area contributed by atoms with Gasteiger partial charge in [-0.15, -0.1) is 0 Å². The molecule has 5 heteroatoms. The average molecular weight is 327 g/mol. The molecule has 0 aromatic heterocycles. The van der Waals surface area contributed by atoms with Crippen LogP contribution in [0.3, 0.4) is 0 Å². The second-order valence-corrected chi connectivity index (χ2v) is 5.89. The van der Waals surface area contributed by atoms with Crippen molar-refractivity contribution in [3.05, 3.63) is 28.2 Å². The van der Waals surface area contributed by atoms with Crippen molar-refractivity contribution in [3.63, 3.8) is 0 Å². The summed E-state index contributed by atoms with van der Waals surface area (Å²) in [7, 11) is 1.83. The number of hydrogen-bond donors (Lipinski definition) is 1. The Labute approximate surface area is 122 Å². The normalized spacial score (nSPS) is 16.3. The topological polar surface area (TPSA) is 55.6 Å². The van der Waals surface area contributed by atoms with Crippen LogP contribution in [0.2, 0.25) is 0 Å². The molecule has 2 N–H and O–H groups in total. The van der Waals surface area contributed by atoms with E-state index in [1.54, 1.807) is 17.0 Å². The van der Waals surface area contributed by atoms with Gasteiger partial charge in [-0.3, -0.25) is 4.79 Å². The minimum absolute atomic E-state index is 0.0171. The van der Waals surface area contributed by atoms with E-state index in [1.165, 1.54) is 0 Å². The van der Waals surface area contributed by atoms with E-state index in [0.29, 0.717) is 17.2 Å². The molecule has 1 aromatic rings. The first-order valence-corrected chi connectivity index (χ1v) is 7.25. The maximum absolute atomic E-state index is 12.3. The maximum Gasteiger partial charge on any atom is 0.255 e. The molecule has 0 bridgehead atoms. The Kier molecular flexibility index (Phi) is 4.82. The summed E-state index contributed by atoms with van der Waals surface area (Å²) in [5.74, 6) is 0.510. The first-order chi connectivity index (χ1) is 9.08. The average Bonchev–Trinajstić information content (AvgIpc) is 2.39. The second-order valence-electron chi connectivity index (χ2n) is 4.97. The van der Waals surface area contributed by atoms with Crippen molar-refractivity contribution in [2.75, 3.05) is 32.5 Å². The third-order valence-corrected chi connectivity index (χ3v) is 3.96. The zero-order valence-corrected chi connectivity index (χ0v) is 12.6. The molecule has 1 fully saturated rings. The van der Waals surface area contributed by atoms with Gasteiger partial charge in [0, 0.05) is 37.0 Å². The van der Waals surface area contributed by atoms with E-state index in [1.807, 2.05) is 13.1 Å². The summed E-state index contributed by atoms with van der Waals surface area (Å²) in [4.78, 5) is 14.1. The molecule has 0 unspecified atom stereocenters. The highest BCUT2D eigenvalue weighted by Crippen LogP contribution is 2.21. The van der Waals surface area contributed by atoms with E-state index in [4.69, 9.17) is 10.5 Å². The quantitative estimate of drug-likeness (QED) is 0.868. The van der Waals surface area contributed by atoms with Crippen molar-refractivity contribution in [2.24, 2.45) is 5.92 Å². The molecule has 1 aliphatic rings. The molecule has 0 saturated carbocycles. The number of benzene rings is 1. The fraction of sp³-hybridized carbons (Fsp3) is 0.500. The van der Waals surface area contributed by atoms with E-state index in [9.17, 15) is 4.79 Å². The summed E-state index contributed by atoms with van der Waals surface area (Å²) in [5, 5.41) is 0. The molecule has 1 amide bonds. The summed E-state index contributed by atoms with van der Waals surface area (Å²) in [6.45, 7) is 2.36. The van der Waals surface area contributed by atoms with Gasteiger partial charge in [-0.1, -0.05) is 15.9 Å². The molecule has 1 saturated heterocycles. The molecule has 2 rings (SSSR count). The largest absolute Gasteiger partial charge is 0.398 e. The van der Waals surface area contributed by atoms with Crippen molar-refractivity contribution in [1.29, 1.82) is 0 Å². The third kappa shape index (κ3) is 3.70. The molecule has 104 valence electrons. The number of nitrogen functional groups attached to an aromatic ring is 1. The van der Waals surface area contributed by atoms with Crippen molar-refractivity contribution in [3.8, 4) is 0 Å². The van der Waals surface area contributed by atoms with E-state index in [-0.39, 0.29) is 5.91 Å². The number of carbonyl (C=O) groups excluding carboxylic acids is 1. The zero-order chi connectivity index (χ0) is 13.8. The van der Waals surface area contributed by atoms with Gasteiger partial charge in [0.1, 0.15) is 0 Å². The van der Waals surface area contributed by atoms with E-state index >= 15 is 0 Å². The highest BCUT2D eigenvalue weighted by atomic mass is 79.9. The molecule has 4 nitrogen and oxygen atoms in total. The van der Waals surface area contributed by atoms with Crippen molar-refractivity contribution < 1.29 is 9.53 Å². The highest BCUT2D eigenvalue weighted by molar-refractivity contribution is 9.10. The van der Waals surface area contributed by atoms with Crippen LogP contribution >= 0.6 is 15.9 Å². The van der Waals surface area contributed by atoms with Gasteiger partial charge >= 0.3 is 0 Å². The SMILES string of the molecule is CN(CC1CCOCC1)C(=O)c1ccc(Br)cc1N. The number of rotatable bonds is 3. The number of nitrogens with two attached hydrogens (primary N) is 1. The summed E-state index contributed by atoms with van der Waals surface area (Å²) in [6, 6.07) is 5.36. The molecular weight excluding hydrogens is 308 g/mol. The minimum atomic E-state index is -0.0171. The van der Waals surface area contributed by atoms with Crippen LogP contribution in [0, 0.1) is 5.92 Å². The summed E-state index contributed by atoms with van der Waals surface area (Å²) >= 11 is 3.34. The van der Waals surface area contributed by atoms with Gasteiger partial charge in [0.2, 0.25) is 0 Å². The molecule has 19 heavy (non-hydrogen) atoms. The van der Waals surface area contributed by atoms with Crippen LogP contribution in [0.25, 0.3) is 0 Å². The Balaban J connectivity index is 2.01. The molecule has 1 aromatic carbocycles. The molecule has 0 spiro atoms. The summed E-state index contributed by atoms with van der Waals surface area (Å²) in [6.07, 6.45) is 2.04. The molecule has 0 aliphatic carbocycles. The van der Waals surface area contributed by atoms with Gasteiger partial charge in [-0.05, 0) is 37.0 Å². The smallest absolute Gasteiger partial charge is 0.255 e. The molecule has 0 atom stereocenters. The molecule has 0 radical (unpaired) electrons. The van der Waals surface area contributed by atoms with Gasteiger partial charge in [0.25, 0.3) is 5.91 Å². The minimum Gasteiger partial charge on any atom is -0.398 e. The number of hydrogen-bond acceptors (Lipinski definition) is 3. The monoisotopic (exact) mass is 326 g/mol. The van der Waals surface area contributed by atoms with Crippen molar-refractivity contribution in [2.45, 2.75) is 12.8 Å². The van der Waals surface area contributed by atoms with E-state index < -0.39 is 0 Å². The maximum atomic E-state index is 12.3. The van der Waals surface area contributed by atoms with E-state index in [2.05, 4.69) is 15.9 Å². The number of nitrogens with zero attached hydrogens (tertiary/aromatic N) is 1. The number of amides is 1. The predicted molar refractivity (Wildman–Crippen MR) is 79.1 cm³/mol. The summed E-state index contributed by atoms with van der Waals surface area (Å²) < 4.78 is 6.21. The lowest BCUT2D eigenvalue weighted by atomic mass is 9.99. The predicted octanol–water partition coefficient (Wildman–Crippen LogP) is 2.53. The first kappa shape index (κ1) is 14.3. The van der Waals surface area contributed by atoms with Crippen molar-refractivity contribution >= 4 is 27.5 Å². The number of carbonyl (C=O) groups is 1. The highest BCUT2D eigenvalue weighted by Gasteiger charge is 2.20. The number of ether oxygens (including phenoxy) is 1. The van der Waals surface area contributed by atoms with Gasteiger partial charge < -0.3 is 15.4 Å². The van der Waals surface area contributed by atoms with Crippen LogP contribution in [0.4, 0.5) is 5.69 Å². The Hall–Kier alpha value is -1.07. The van der Waals surface area contributed by atoms with Gasteiger partial charge in [-0.2, -0.15) is 0 Å². The molecular formula is C14H19BrN2O2. The van der Waals surface area contributed by atoms with Crippen LogP contribution in [-0.4, -0.2) is 37.6 Å². The van der Waals surface area contributed by atoms with Gasteiger partial charge in [0.05, 0.1) is 5.56 Å². The van der Waals surface area contributed by atoms with Crippen molar-refractivity contribution in [1.82, 2.24) is 4.90 Å². The Morgan fingerprint density at radius 2 is 2.16 bits per heavy atom. The zero-order valence-electron chi connectivity index (χ0n) is 11.1. The van der Waals surface area contributed by atoms with Crippen LogP contribution in [-0.2, 0) is 4.74 Å². The second kappa shape index (κ2) is 6.39. The fourth-order valence-electron chi connectivity index (χ4n) is 2.33. The van der Waals surface area contributed by atoms with Gasteiger partial charge in [0.15, 0.2) is 0 Å². The Morgan fingerprint density at radius 1 is 1.47 bits per heavy atom. The fourth-order valence-corrected chi connectivity index (χ4v) is 2.71. The molecule has 1 heterocycles. The summed E-state index contributed by atoms with van der Waals surface area (Å²) in [5.41, 5.74) is 6.98. The van der Waals surface area contributed by atoms with Crippen LogP contribution in [0.1, 0.15) is 23.2 Å². The van der Waals surface area contributed by atoms with E-state index in [0.717, 1.165) is 37.1 Å². The lowest BCUT2D eigenvalue weighted by molar-refractivity contribution is 0.0497. The first-order valence-electron chi connectivity index (χ1n) is 6.46. The Morgan fingerprint density at radius 3 is 2.79 bits per heavy atom. The standard InChI is InChI=1S/C14H19BrN2O2/c1-17(9-10-4-6-19-7-5-10)14(18)12-3-2-11(15)8-13(12)16/h2-3,8,10H,4-7,9,16H2,1H3. The lowest BCUT2D eigenvalue weighted by Gasteiger charge is -2.27. The Bertz CT molecular complexity index is 459. The van der Waals surface area contributed by atoms with Crippen LogP contribution in [0.5, 0.6) is 0 Å². The lowest BCUT2D eigenvalue weighted by Crippen LogP contribution is -2.34. The number of halogens is 1. The van der Waals surface area contributed by atoms with Crippen LogP contribution < -0.4 is 5.73 Å². The number of anilines is 1.